The minimum absolute atomic E-state index is 0.0436. The highest BCUT2D eigenvalue weighted by Gasteiger charge is 2.31. The van der Waals surface area contributed by atoms with Gasteiger partial charge in [-0.3, -0.25) is 23.6 Å². The van der Waals surface area contributed by atoms with E-state index in [1.165, 1.54) is 24.3 Å². The summed E-state index contributed by atoms with van der Waals surface area (Å²) in [7, 11) is -8.27. The Bertz CT molecular complexity index is 2190. The first-order valence-corrected chi connectivity index (χ1v) is 18.2. The van der Waals surface area contributed by atoms with Gasteiger partial charge in [-0.25, -0.2) is 0 Å². The number of anilines is 1. The lowest BCUT2D eigenvalue weighted by atomic mass is 10.0. The lowest BCUT2D eigenvalue weighted by Crippen LogP contribution is -2.34. The molecule has 2 atom stereocenters. The maximum atomic E-state index is 12.2. The summed E-state index contributed by atoms with van der Waals surface area (Å²) < 4.78 is 84.8. The van der Waals surface area contributed by atoms with Gasteiger partial charge in [-0.15, -0.1) is 0 Å². The van der Waals surface area contributed by atoms with Crippen molar-refractivity contribution in [2.45, 2.75) is 49.2 Å². The number of fused-ring (bicyclic) bond motifs is 2. The number of nitrogen functional groups attached to an aromatic ring is 1. The number of aldehydes is 1. The molecule has 0 saturated carbocycles. The Morgan fingerprint density at radius 1 is 0.882 bits per heavy atom. The Morgan fingerprint density at radius 3 is 2.14 bits per heavy atom. The van der Waals surface area contributed by atoms with Crippen LogP contribution in [-0.2, 0) is 30.8 Å². The molecule has 6 rings (SSSR count). The first-order valence-electron chi connectivity index (χ1n) is 15.3. The maximum Gasteiger partial charge on any atom is 0.297 e. The van der Waals surface area contributed by atoms with E-state index in [-0.39, 0.29) is 53.1 Å². The zero-order valence-electron chi connectivity index (χ0n) is 27.6. The SMILES string of the molecule is Cc1ccc(S(=O)(=O)O)c(C[C@@H]2COc3ccc([N+](=O)[O-])c(C=O)c3O2)c1.Cc1ccc(S(=O)(=O)OCC2COc3ccc(N)c(C)c3O2)cc1. The molecule has 270 valence electrons. The number of benzene rings is 4. The summed E-state index contributed by atoms with van der Waals surface area (Å²) in [5.74, 6) is 1.26. The van der Waals surface area contributed by atoms with Crippen LogP contribution < -0.4 is 24.7 Å². The Morgan fingerprint density at radius 2 is 1.49 bits per heavy atom. The second-order valence-corrected chi connectivity index (χ2v) is 14.8. The van der Waals surface area contributed by atoms with Crippen LogP contribution >= 0.6 is 0 Å². The first-order chi connectivity index (χ1) is 24.1. The molecule has 15 nitrogen and oxygen atoms in total. The van der Waals surface area contributed by atoms with Gasteiger partial charge in [-0.2, -0.15) is 16.8 Å². The number of hydrogen-bond donors (Lipinski definition) is 2. The van der Waals surface area contributed by atoms with Crippen molar-refractivity contribution >= 4 is 37.9 Å². The monoisotopic (exact) mass is 742 g/mol. The lowest BCUT2D eigenvalue weighted by molar-refractivity contribution is -0.385. The van der Waals surface area contributed by atoms with Crippen molar-refractivity contribution in [2.75, 3.05) is 25.6 Å². The third-order valence-corrected chi connectivity index (χ3v) is 10.2. The van der Waals surface area contributed by atoms with Crippen LogP contribution in [0.4, 0.5) is 11.4 Å². The number of nitro groups is 1. The van der Waals surface area contributed by atoms with E-state index in [0.29, 0.717) is 29.0 Å². The molecule has 0 saturated heterocycles. The highest BCUT2D eigenvalue weighted by Crippen LogP contribution is 2.40. The van der Waals surface area contributed by atoms with Crippen molar-refractivity contribution in [2.24, 2.45) is 0 Å². The predicted octanol–water partition coefficient (Wildman–Crippen LogP) is 4.78. The van der Waals surface area contributed by atoms with Crippen molar-refractivity contribution in [3.8, 4) is 23.0 Å². The summed E-state index contributed by atoms with van der Waals surface area (Å²) in [6.07, 6.45) is -0.866. The molecule has 0 spiro atoms. The molecule has 0 radical (unpaired) electrons. The summed E-state index contributed by atoms with van der Waals surface area (Å²) in [6, 6.07) is 16.9. The van der Waals surface area contributed by atoms with Crippen molar-refractivity contribution in [3.63, 3.8) is 0 Å². The van der Waals surface area contributed by atoms with E-state index in [9.17, 15) is 36.3 Å². The maximum absolute atomic E-state index is 12.2. The van der Waals surface area contributed by atoms with E-state index in [2.05, 4.69) is 0 Å². The number of nitrogens with two attached hydrogens (primary N) is 1. The molecule has 0 fully saturated rings. The van der Waals surface area contributed by atoms with Crippen LogP contribution in [0.3, 0.4) is 0 Å². The minimum atomic E-state index is -4.43. The van der Waals surface area contributed by atoms with Gasteiger partial charge in [0.2, 0.25) is 0 Å². The second kappa shape index (κ2) is 14.9. The van der Waals surface area contributed by atoms with E-state index in [1.807, 2.05) is 13.8 Å². The third-order valence-electron chi connectivity index (χ3n) is 7.94. The molecular weight excluding hydrogens is 709 g/mol. The van der Waals surface area contributed by atoms with Gasteiger partial charge in [0, 0.05) is 23.7 Å². The summed E-state index contributed by atoms with van der Waals surface area (Å²) in [5.41, 5.74) is 8.61. The fraction of sp³-hybridized carbons (Fsp3) is 0.265. The Kier molecular flexibility index (Phi) is 10.8. The average molecular weight is 743 g/mol. The molecule has 0 bridgehead atoms. The number of carbonyl (C=O) groups excluding carboxylic acids is 1. The van der Waals surface area contributed by atoms with Gasteiger partial charge in [0.05, 0.1) is 14.7 Å². The number of rotatable bonds is 9. The highest BCUT2D eigenvalue weighted by atomic mass is 32.2. The molecule has 4 aromatic carbocycles. The Balaban J connectivity index is 0.000000199. The van der Waals surface area contributed by atoms with Crippen molar-refractivity contribution in [1.82, 2.24) is 0 Å². The van der Waals surface area contributed by atoms with Gasteiger partial charge in [-0.1, -0.05) is 35.4 Å². The molecule has 2 aliphatic rings. The van der Waals surface area contributed by atoms with E-state index in [4.69, 9.17) is 28.9 Å². The minimum Gasteiger partial charge on any atom is -0.486 e. The van der Waals surface area contributed by atoms with Crippen LogP contribution in [0.15, 0.2) is 76.5 Å². The van der Waals surface area contributed by atoms with Crippen molar-refractivity contribution in [1.29, 1.82) is 0 Å². The average Bonchev–Trinajstić information content (AvgIpc) is 3.08. The van der Waals surface area contributed by atoms with Gasteiger partial charge in [0.15, 0.2) is 35.4 Å². The summed E-state index contributed by atoms with van der Waals surface area (Å²) in [6.45, 7) is 5.59. The van der Waals surface area contributed by atoms with E-state index >= 15 is 0 Å². The number of aryl methyl sites for hydroxylation is 2. The van der Waals surface area contributed by atoms with Crippen LogP contribution in [0.5, 0.6) is 23.0 Å². The largest absolute Gasteiger partial charge is 0.486 e. The molecule has 3 N–H and O–H groups in total. The van der Waals surface area contributed by atoms with Gasteiger partial charge in [-0.05, 0) is 62.7 Å². The van der Waals surface area contributed by atoms with Gasteiger partial charge in [0.1, 0.15) is 31.5 Å². The predicted molar refractivity (Wildman–Crippen MR) is 183 cm³/mol. The Hall–Kier alpha value is -5.23. The smallest absolute Gasteiger partial charge is 0.297 e. The molecular formula is C34H34N2O13S2. The zero-order valence-corrected chi connectivity index (χ0v) is 29.2. The number of nitrogens with zero attached hydrogens (tertiary/aromatic N) is 1. The number of nitro benzene ring substituents is 1. The van der Waals surface area contributed by atoms with Gasteiger partial charge in [0.25, 0.3) is 25.9 Å². The van der Waals surface area contributed by atoms with Gasteiger partial charge >= 0.3 is 0 Å². The lowest BCUT2D eigenvalue weighted by Gasteiger charge is -2.27. The molecule has 0 aromatic heterocycles. The fourth-order valence-corrected chi connectivity index (χ4v) is 6.92. The third kappa shape index (κ3) is 8.57. The standard InChI is InChI=1S/C17H15NO8S.C17H19NO5S/c1-10-2-5-16(27(22,23)24)11(6-10)7-12-9-25-15-4-3-14(18(20)21)13(8-19)17(15)26-12;1-11-3-5-14(6-4-11)24(19,20)22-10-13-9-21-16-8-7-15(18)12(2)17(16)23-13/h2-6,8,12H,7,9H2,1H3,(H,22,23,24);3-8,13H,9-10,18H2,1-2H3/t12-;/m1./s1. The fourth-order valence-electron chi connectivity index (χ4n) is 5.27. The topological polar surface area (TPSA) is 221 Å². The summed E-state index contributed by atoms with van der Waals surface area (Å²) in [4.78, 5) is 21.6. The van der Waals surface area contributed by atoms with E-state index < -0.39 is 43.1 Å². The van der Waals surface area contributed by atoms with Crippen LogP contribution in [0, 0.1) is 30.9 Å². The van der Waals surface area contributed by atoms with E-state index in [1.54, 1.807) is 43.3 Å². The van der Waals surface area contributed by atoms with Crippen molar-refractivity contribution in [3.05, 3.63) is 105 Å². The molecule has 17 heteroatoms. The molecule has 0 aliphatic carbocycles. The first kappa shape index (κ1) is 37.0. The van der Waals surface area contributed by atoms with E-state index in [0.717, 1.165) is 22.8 Å². The number of ether oxygens (including phenoxy) is 4. The molecule has 1 unspecified atom stereocenters. The normalized spacial score (nSPS) is 16.4. The number of carbonyl (C=O) groups is 1. The van der Waals surface area contributed by atoms with Crippen LogP contribution in [-0.4, -0.2) is 64.6 Å². The van der Waals surface area contributed by atoms with Crippen molar-refractivity contribution < 1.29 is 54.2 Å². The zero-order chi connectivity index (χ0) is 37.1. The molecule has 0 amide bonds. The number of hydrogen-bond acceptors (Lipinski definition) is 13. The quantitative estimate of drug-likeness (QED) is 0.0589. The summed E-state index contributed by atoms with van der Waals surface area (Å²) in [5, 5.41) is 11.1. The molecule has 51 heavy (non-hydrogen) atoms. The highest BCUT2D eigenvalue weighted by molar-refractivity contribution is 7.86. The molecule has 2 heterocycles. The Labute approximate surface area is 293 Å². The van der Waals surface area contributed by atoms with Gasteiger partial charge < -0.3 is 24.7 Å². The van der Waals surface area contributed by atoms with Crippen LogP contribution in [0.25, 0.3) is 0 Å². The summed E-state index contributed by atoms with van der Waals surface area (Å²) >= 11 is 0. The second-order valence-electron chi connectivity index (χ2n) is 11.8. The van der Waals surface area contributed by atoms with Crippen LogP contribution in [0.2, 0.25) is 0 Å². The molecule has 4 aromatic rings. The molecule has 2 aliphatic heterocycles. The van der Waals surface area contributed by atoms with Crippen LogP contribution in [0.1, 0.15) is 32.6 Å².